The fourth-order valence-corrected chi connectivity index (χ4v) is 1.88. The van der Waals surface area contributed by atoms with Gasteiger partial charge in [-0.25, -0.2) is 14.2 Å². The van der Waals surface area contributed by atoms with Crippen LogP contribution in [0.4, 0.5) is 0 Å². The summed E-state index contributed by atoms with van der Waals surface area (Å²) in [6.07, 6.45) is 1.79. The molecule has 0 radical (unpaired) electrons. The van der Waals surface area contributed by atoms with Crippen LogP contribution in [0.5, 0.6) is 0 Å². The number of carbonyl (C=O) groups excluding carboxylic acids is 2. The molecule has 0 fully saturated rings. The summed E-state index contributed by atoms with van der Waals surface area (Å²) in [5.74, 6) is -1.60. The lowest BCUT2D eigenvalue weighted by molar-refractivity contribution is -0.156. The van der Waals surface area contributed by atoms with Crippen molar-refractivity contribution >= 4 is 19.8 Å². The van der Waals surface area contributed by atoms with Gasteiger partial charge < -0.3 is 19.3 Å². The Morgan fingerprint density at radius 1 is 1.15 bits per heavy atom. The molecule has 0 spiro atoms. The van der Waals surface area contributed by atoms with E-state index in [0.29, 0.717) is 0 Å². The number of rotatable bonds is 9. The van der Waals surface area contributed by atoms with E-state index in [1.165, 1.54) is 6.92 Å². The van der Waals surface area contributed by atoms with Crippen molar-refractivity contribution in [3.63, 3.8) is 0 Å². The van der Waals surface area contributed by atoms with Gasteiger partial charge in [-0.2, -0.15) is 0 Å². The molecule has 0 saturated carbocycles. The Bertz CT molecular complexity index is 400. The number of hydrogen-bond donors (Lipinski definition) is 2. The molecule has 20 heavy (non-hydrogen) atoms. The second kappa shape index (κ2) is 7.96. The summed E-state index contributed by atoms with van der Waals surface area (Å²) < 4.78 is 25.0. The molecule has 0 aromatic heterocycles. The fourth-order valence-electron chi connectivity index (χ4n) is 1.14. The molecule has 114 valence electrons. The van der Waals surface area contributed by atoms with Crippen LogP contribution in [-0.4, -0.2) is 40.5 Å². The average Bonchev–Trinajstić information content (AvgIpc) is 2.39. The number of ether oxygens (including phenoxy) is 2. The largest absolute Gasteiger partial charge is 0.470 e. The van der Waals surface area contributed by atoms with E-state index < -0.39 is 38.6 Å². The molecule has 0 aromatic rings. The minimum Gasteiger partial charge on any atom is -0.459 e. The Morgan fingerprint density at radius 2 is 1.55 bits per heavy atom. The van der Waals surface area contributed by atoms with Gasteiger partial charge >= 0.3 is 19.8 Å². The molecular weight excluding hydrogens is 291 g/mol. The fraction of sp³-hybridized carbons (Fsp3) is 0.455. The van der Waals surface area contributed by atoms with Gasteiger partial charge in [-0.05, 0) is 6.42 Å². The topological polar surface area (TPSA) is 119 Å². The second-order valence-corrected chi connectivity index (χ2v) is 4.91. The molecular formula is C11H17O8P. The van der Waals surface area contributed by atoms with Crippen LogP contribution in [0.2, 0.25) is 0 Å². The smallest absolute Gasteiger partial charge is 0.459 e. The molecule has 0 amide bonds. The van der Waals surface area contributed by atoms with Crippen LogP contribution in [0.15, 0.2) is 25.3 Å². The quantitative estimate of drug-likeness (QED) is 0.363. The Hall–Kier alpha value is -1.47. The van der Waals surface area contributed by atoms with Crippen LogP contribution in [0.1, 0.15) is 13.3 Å². The molecule has 0 aromatic carbocycles. The molecule has 0 unspecified atom stereocenters. The highest BCUT2D eigenvalue weighted by molar-refractivity contribution is 7.46. The van der Waals surface area contributed by atoms with Gasteiger partial charge in [-0.1, -0.05) is 20.1 Å². The van der Waals surface area contributed by atoms with Crippen molar-refractivity contribution in [1.29, 1.82) is 0 Å². The molecule has 0 aliphatic heterocycles. The third-order valence-electron chi connectivity index (χ3n) is 2.25. The van der Waals surface area contributed by atoms with E-state index in [0.717, 1.165) is 12.2 Å². The standard InChI is InChI=1S/C11H17O8P/c1-4-9(12)17-7-11(6-3,19-20(14,15)16)8-18-10(13)5-2/h4-5H,1-2,6-8H2,3H3,(H2,14,15,16). The number of carbonyl (C=O) groups is 2. The van der Waals surface area contributed by atoms with Gasteiger partial charge in [0.15, 0.2) is 0 Å². The molecule has 0 aliphatic carbocycles. The van der Waals surface area contributed by atoms with Gasteiger partial charge in [-0.15, -0.1) is 0 Å². The average molecular weight is 308 g/mol. The van der Waals surface area contributed by atoms with Crippen LogP contribution < -0.4 is 0 Å². The molecule has 8 nitrogen and oxygen atoms in total. The highest BCUT2D eigenvalue weighted by atomic mass is 31.2. The number of phosphoric ester groups is 1. The molecule has 0 bridgehead atoms. The molecule has 0 aliphatic rings. The first-order chi connectivity index (χ1) is 9.18. The molecule has 0 saturated heterocycles. The zero-order chi connectivity index (χ0) is 15.8. The lowest BCUT2D eigenvalue weighted by atomic mass is 10.0. The molecule has 0 atom stereocenters. The first-order valence-corrected chi connectivity index (χ1v) is 7.06. The highest BCUT2D eigenvalue weighted by Gasteiger charge is 2.39. The predicted molar refractivity (Wildman–Crippen MR) is 68.5 cm³/mol. The van der Waals surface area contributed by atoms with Crippen molar-refractivity contribution in [2.75, 3.05) is 13.2 Å². The Morgan fingerprint density at radius 3 is 1.80 bits per heavy atom. The Labute approximate surface area is 116 Å². The first kappa shape index (κ1) is 18.5. The van der Waals surface area contributed by atoms with Gasteiger partial charge in [0.1, 0.15) is 18.8 Å². The zero-order valence-electron chi connectivity index (χ0n) is 11.0. The van der Waals surface area contributed by atoms with Crippen LogP contribution in [0.25, 0.3) is 0 Å². The number of esters is 2. The minimum absolute atomic E-state index is 0.0208. The van der Waals surface area contributed by atoms with E-state index in [-0.39, 0.29) is 6.42 Å². The van der Waals surface area contributed by atoms with Crippen LogP contribution in [0, 0.1) is 0 Å². The Kier molecular flexibility index (Phi) is 7.38. The monoisotopic (exact) mass is 308 g/mol. The number of phosphoric acid groups is 1. The minimum atomic E-state index is -4.87. The maximum Gasteiger partial charge on any atom is 0.470 e. The van der Waals surface area contributed by atoms with E-state index in [1.54, 1.807) is 0 Å². The molecule has 9 heteroatoms. The third kappa shape index (κ3) is 7.20. The SMILES string of the molecule is C=CC(=O)OCC(CC)(COC(=O)C=C)OP(=O)(O)O. The van der Waals surface area contributed by atoms with E-state index in [1.807, 2.05) is 0 Å². The summed E-state index contributed by atoms with van der Waals surface area (Å²) in [6.45, 7) is 6.87. The van der Waals surface area contributed by atoms with Crippen LogP contribution >= 0.6 is 7.82 Å². The second-order valence-electron chi connectivity index (χ2n) is 3.74. The van der Waals surface area contributed by atoms with Gasteiger partial charge in [0.25, 0.3) is 0 Å². The summed E-state index contributed by atoms with van der Waals surface area (Å²) in [5.41, 5.74) is -1.66. The number of hydrogen-bond acceptors (Lipinski definition) is 6. The lowest BCUT2D eigenvalue weighted by Crippen LogP contribution is -2.42. The van der Waals surface area contributed by atoms with E-state index >= 15 is 0 Å². The third-order valence-corrected chi connectivity index (χ3v) is 2.87. The van der Waals surface area contributed by atoms with Crippen LogP contribution in [-0.2, 0) is 28.2 Å². The Balaban J connectivity index is 4.99. The molecule has 0 rings (SSSR count). The molecule has 2 N–H and O–H groups in total. The lowest BCUT2D eigenvalue weighted by Gasteiger charge is -2.31. The normalized spacial score (nSPS) is 11.6. The van der Waals surface area contributed by atoms with Gasteiger partial charge in [-0.3, -0.25) is 4.52 Å². The predicted octanol–water partition coefficient (Wildman–Crippen LogP) is 0.703. The van der Waals surface area contributed by atoms with Gasteiger partial charge in [0.05, 0.1) is 0 Å². The van der Waals surface area contributed by atoms with E-state index in [2.05, 4.69) is 17.7 Å². The van der Waals surface area contributed by atoms with E-state index in [4.69, 9.17) is 19.3 Å². The first-order valence-electron chi connectivity index (χ1n) is 5.52. The maximum atomic E-state index is 11.0. The zero-order valence-corrected chi connectivity index (χ0v) is 11.9. The molecule has 0 heterocycles. The van der Waals surface area contributed by atoms with Crippen molar-refractivity contribution in [2.45, 2.75) is 18.9 Å². The van der Waals surface area contributed by atoms with Crippen LogP contribution in [0.3, 0.4) is 0 Å². The maximum absolute atomic E-state index is 11.0. The summed E-state index contributed by atoms with van der Waals surface area (Å²) >= 11 is 0. The van der Waals surface area contributed by atoms with Crippen molar-refractivity contribution in [1.82, 2.24) is 0 Å². The van der Waals surface area contributed by atoms with Crippen molar-refractivity contribution in [3.05, 3.63) is 25.3 Å². The highest BCUT2D eigenvalue weighted by Crippen LogP contribution is 2.43. The summed E-state index contributed by atoms with van der Waals surface area (Å²) in [6, 6.07) is 0. The van der Waals surface area contributed by atoms with Crippen molar-refractivity contribution in [3.8, 4) is 0 Å². The van der Waals surface area contributed by atoms with Gasteiger partial charge in [0.2, 0.25) is 0 Å². The van der Waals surface area contributed by atoms with Crippen molar-refractivity contribution < 1.29 is 37.9 Å². The summed E-state index contributed by atoms with van der Waals surface area (Å²) in [4.78, 5) is 39.8. The summed E-state index contributed by atoms with van der Waals surface area (Å²) in [5, 5.41) is 0. The van der Waals surface area contributed by atoms with Crippen molar-refractivity contribution in [2.24, 2.45) is 0 Å². The van der Waals surface area contributed by atoms with E-state index in [9.17, 15) is 14.2 Å². The summed E-state index contributed by atoms with van der Waals surface area (Å²) in [7, 11) is -4.87. The van der Waals surface area contributed by atoms with Gasteiger partial charge in [0, 0.05) is 12.2 Å².